The minimum Gasteiger partial charge on any atom is -0.397 e. The normalized spacial score (nSPS) is 19.7. The number of nitrogens with two attached hydrogens (primary N) is 1. The minimum atomic E-state index is -0.237. The van der Waals surface area contributed by atoms with Gasteiger partial charge in [0.2, 0.25) is 0 Å². The van der Waals surface area contributed by atoms with Gasteiger partial charge in [-0.25, -0.2) is 0 Å². The molecule has 1 saturated carbocycles. The van der Waals surface area contributed by atoms with Crippen LogP contribution < -0.4 is 11.1 Å². The first-order valence-corrected chi connectivity index (χ1v) is 11.5. The number of fused-ring (bicyclic) bond motifs is 3. The Morgan fingerprint density at radius 1 is 1.12 bits per heavy atom. The summed E-state index contributed by atoms with van der Waals surface area (Å²) in [6, 6.07) is 19.2. The summed E-state index contributed by atoms with van der Waals surface area (Å²) in [4.78, 5) is 19.8. The molecule has 6 nitrogen and oxygen atoms in total. The fourth-order valence-electron chi connectivity index (χ4n) is 5.10. The van der Waals surface area contributed by atoms with Crippen molar-refractivity contribution in [2.75, 3.05) is 17.6 Å². The molecule has 3 heterocycles. The van der Waals surface area contributed by atoms with Gasteiger partial charge in [-0.05, 0) is 67.5 Å². The molecule has 0 spiro atoms. The van der Waals surface area contributed by atoms with Crippen LogP contribution in [0.15, 0.2) is 60.8 Å². The molecule has 3 fully saturated rings. The zero-order chi connectivity index (χ0) is 22.8. The number of nitrogens with zero attached hydrogens (tertiary/aromatic N) is 3. The summed E-state index contributed by atoms with van der Waals surface area (Å²) in [6.45, 7) is 2.01. The van der Waals surface area contributed by atoms with Crippen LogP contribution in [-0.2, 0) is 6.54 Å². The highest BCUT2D eigenvalue weighted by Crippen LogP contribution is 2.35. The average Bonchev–Trinajstić information content (AvgIpc) is 2.86. The highest BCUT2D eigenvalue weighted by Gasteiger charge is 2.33. The average molecular weight is 438 g/mol. The fourth-order valence-corrected chi connectivity index (χ4v) is 5.10. The van der Waals surface area contributed by atoms with E-state index < -0.39 is 0 Å². The van der Waals surface area contributed by atoms with Gasteiger partial charge in [0.1, 0.15) is 6.07 Å². The predicted molar refractivity (Wildman–Crippen MR) is 129 cm³/mol. The summed E-state index contributed by atoms with van der Waals surface area (Å²) in [5.41, 5.74) is 10.6. The molecule has 6 heteroatoms. The van der Waals surface area contributed by atoms with Gasteiger partial charge in [-0.1, -0.05) is 24.3 Å². The van der Waals surface area contributed by atoms with Gasteiger partial charge in [0.15, 0.2) is 0 Å². The number of amides is 1. The number of nitrogens with one attached hydrogen (secondary N) is 1. The monoisotopic (exact) mass is 437 g/mol. The summed E-state index contributed by atoms with van der Waals surface area (Å²) in [6.07, 6.45) is 7.18. The Bertz CT molecular complexity index is 1210. The number of rotatable bonds is 5. The third-order valence-corrected chi connectivity index (χ3v) is 6.91. The van der Waals surface area contributed by atoms with Crippen molar-refractivity contribution in [2.45, 2.75) is 38.3 Å². The largest absolute Gasteiger partial charge is 0.397 e. The molecule has 0 atom stereocenters. The molecule has 6 rings (SSSR count). The molecule has 2 aliphatic heterocycles. The molecule has 0 unspecified atom stereocenters. The van der Waals surface area contributed by atoms with Crippen LogP contribution in [0.2, 0.25) is 0 Å². The smallest absolute Gasteiger partial charge is 0.255 e. The van der Waals surface area contributed by atoms with Crippen molar-refractivity contribution in [2.24, 2.45) is 5.92 Å². The number of hydrogen-bond acceptors (Lipinski definition) is 5. The van der Waals surface area contributed by atoms with Crippen LogP contribution in [-0.4, -0.2) is 28.4 Å². The lowest BCUT2D eigenvalue weighted by Crippen LogP contribution is -2.47. The maximum atomic E-state index is 12.6. The van der Waals surface area contributed by atoms with Crippen molar-refractivity contribution in [3.05, 3.63) is 77.5 Å². The first-order chi connectivity index (χ1) is 16.1. The molecule has 1 amide bonds. The Morgan fingerprint density at radius 3 is 2.55 bits per heavy atom. The van der Waals surface area contributed by atoms with E-state index in [2.05, 4.69) is 21.3 Å². The van der Waals surface area contributed by atoms with Crippen molar-refractivity contribution in [1.82, 2.24) is 9.88 Å². The second-order valence-corrected chi connectivity index (χ2v) is 9.07. The minimum absolute atomic E-state index is 0.237. The van der Waals surface area contributed by atoms with Crippen LogP contribution in [0.1, 0.15) is 47.2 Å². The number of para-hydroxylation sites is 2. The number of anilines is 2. The van der Waals surface area contributed by atoms with Crippen molar-refractivity contribution < 1.29 is 4.79 Å². The van der Waals surface area contributed by atoms with Gasteiger partial charge in [-0.15, -0.1) is 0 Å². The number of pyridine rings is 1. The Hall–Kier alpha value is -3.69. The Balaban J connectivity index is 1.31. The summed E-state index contributed by atoms with van der Waals surface area (Å²) >= 11 is 0. The number of nitriles is 1. The van der Waals surface area contributed by atoms with E-state index in [0.717, 1.165) is 30.1 Å². The summed E-state index contributed by atoms with van der Waals surface area (Å²) in [7, 11) is 0. The van der Waals surface area contributed by atoms with Crippen LogP contribution in [0.25, 0.3) is 11.3 Å². The summed E-state index contributed by atoms with van der Waals surface area (Å²) < 4.78 is 0. The lowest BCUT2D eigenvalue weighted by atomic mass is 9.80. The fraction of sp³-hybridized carbons (Fsp3) is 0.296. The van der Waals surface area contributed by atoms with E-state index in [1.54, 1.807) is 24.3 Å². The third-order valence-electron chi connectivity index (χ3n) is 6.91. The lowest BCUT2D eigenvalue weighted by Gasteiger charge is -2.45. The van der Waals surface area contributed by atoms with Crippen LogP contribution >= 0.6 is 0 Å². The maximum Gasteiger partial charge on any atom is 0.255 e. The zero-order valence-electron chi connectivity index (χ0n) is 18.5. The Kier molecular flexibility index (Phi) is 5.80. The van der Waals surface area contributed by atoms with Crippen LogP contribution in [0.4, 0.5) is 11.4 Å². The molecule has 3 N–H and O–H groups in total. The zero-order valence-corrected chi connectivity index (χ0v) is 18.5. The molecular formula is C27H27N5O. The molecule has 2 aromatic carbocycles. The molecule has 2 saturated heterocycles. The Labute approximate surface area is 194 Å². The Morgan fingerprint density at radius 2 is 1.88 bits per heavy atom. The third kappa shape index (κ3) is 4.46. The van der Waals surface area contributed by atoms with Crippen LogP contribution in [0, 0.1) is 17.2 Å². The number of hydrogen-bond donors (Lipinski definition) is 2. The van der Waals surface area contributed by atoms with Gasteiger partial charge in [0.05, 0.1) is 22.6 Å². The van der Waals surface area contributed by atoms with Gasteiger partial charge in [0, 0.05) is 36.5 Å². The second kappa shape index (κ2) is 9.05. The van der Waals surface area contributed by atoms with E-state index in [1.807, 2.05) is 36.5 Å². The first kappa shape index (κ1) is 21.2. The number of piperidine rings is 2. The highest BCUT2D eigenvalue weighted by molar-refractivity contribution is 6.05. The molecule has 1 aromatic heterocycles. The van der Waals surface area contributed by atoms with Gasteiger partial charge in [-0.2, -0.15) is 5.26 Å². The molecule has 3 aromatic rings. The molecule has 1 aliphatic carbocycles. The number of benzene rings is 2. The summed E-state index contributed by atoms with van der Waals surface area (Å²) in [5.74, 6) is 0.589. The number of carbonyl (C=O) groups is 1. The lowest BCUT2D eigenvalue weighted by molar-refractivity contribution is 0.0425. The SMILES string of the molecule is N#Cc1cc(CN2CC3CCC2CC3)cnc1-c1ccc(C(=O)Nc2ccccc2N)cc1. The van der Waals surface area contributed by atoms with Crippen molar-refractivity contribution in [3.63, 3.8) is 0 Å². The standard InChI is InChI=1S/C27H27N5O/c28-14-22-13-19(17-32-16-18-5-11-23(32)12-6-18)15-30-26(22)20-7-9-21(10-8-20)27(33)31-25-4-2-1-3-24(25)29/h1-4,7-10,13,15,18,23H,5-6,11-12,16-17,29H2,(H,31,33). The van der Waals surface area contributed by atoms with Crippen LogP contribution in [0.3, 0.4) is 0 Å². The van der Waals surface area contributed by atoms with Crippen molar-refractivity contribution in [1.29, 1.82) is 5.26 Å². The predicted octanol–water partition coefficient (Wildman–Crippen LogP) is 4.83. The quantitative estimate of drug-likeness (QED) is 0.558. The van der Waals surface area contributed by atoms with E-state index in [1.165, 1.54) is 25.7 Å². The number of aromatic nitrogens is 1. The molecule has 0 radical (unpaired) electrons. The van der Waals surface area contributed by atoms with E-state index in [4.69, 9.17) is 5.73 Å². The van der Waals surface area contributed by atoms with Gasteiger partial charge in [0.25, 0.3) is 5.91 Å². The van der Waals surface area contributed by atoms with E-state index in [0.29, 0.717) is 34.2 Å². The topological polar surface area (TPSA) is 95.0 Å². The highest BCUT2D eigenvalue weighted by atomic mass is 16.1. The number of carbonyl (C=O) groups excluding carboxylic acids is 1. The van der Waals surface area contributed by atoms with Gasteiger partial charge >= 0.3 is 0 Å². The van der Waals surface area contributed by atoms with Crippen molar-refractivity contribution >= 4 is 17.3 Å². The van der Waals surface area contributed by atoms with Gasteiger partial charge in [-0.3, -0.25) is 14.7 Å². The van der Waals surface area contributed by atoms with E-state index >= 15 is 0 Å². The molecule has 2 bridgehead atoms. The maximum absolute atomic E-state index is 12.6. The molecule has 33 heavy (non-hydrogen) atoms. The van der Waals surface area contributed by atoms with Gasteiger partial charge < -0.3 is 11.1 Å². The molecule has 166 valence electrons. The van der Waals surface area contributed by atoms with E-state index in [-0.39, 0.29) is 5.91 Å². The molecular weight excluding hydrogens is 410 g/mol. The van der Waals surface area contributed by atoms with Crippen LogP contribution in [0.5, 0.6) is 0 Å². The second-order valence-electron chi connectivity index (χ2n) is 9.07. The summed E-state index contributed by atoms with van der Waals surface area (Å²) in [5, 5.41) is 12.6. The first-order valence-electron chi connectivity index (χ1n) is 11.5. The van der Waals surface area contributed by atoms with E-state index in [9.17, 15) is 10.1 Å². The molecule has 3 aliphatic rings. The van der Waals surface area contributed by atoms with Crippen molar-refractivity contribution in [3.8, 4) is 17.3 Å². The number of nitrogen functional groups attached to an aromatic ring is 1.